The number of halogens is 1. The molecule has 1 saturated heterocycles. The number of aliphatic carboxylic acids is 1. The number of thiazole rings is 1. The minimum Gasteiger partial charge on any atom is -0.479 e. The number of H-pyrrole nitrogens is 1. The first kappa shape index (κ1) is 19.0. The van der Waals surface area contributed by atoms with Gasteiger partial charge in [-0.05, 0) is 18.2 Å². The van der Waals surface area contributed by atoms with Gasteiger partial charge in [-0.2, -0.15) is 0 Å². The lowest BCUT2D eigenvalue weighted by Crippen LogP contribution is -2.47. The molecule has 0 aliphatic carbocycles. The second-order valence-corrected chi connectivity index (χ2v) is 7.29. The molecule has 4 rings (SSSR count). The summed E-state index contributed by atoms with van der Waals surface area (Å²) >= 11 is 1.09. The summed E-state index contributed by atoms with van der Waals surface area (Å²) in [5.41, 5.74) is 1.04. The van der Waals surface area contributed by atoms with E-state index in [0.717, 1.165) is 11.3 Å². The summed E-state index contributed by atoms with van der Waals surface area (Å²) in [5, 5.41) is 14.2. The average Bonchev–Trinajstić information content (AvgIpc) is 3.15. The molecule has 1 aromatic carbocycles. The fraction of sp³-hybridized carbons (Fsp3) is 0.235. The number of aromatic nitrogens is 3. The van der Waals surface area contributed by atoms with Crippen molar-refractivity contribution < 1.29 is 28.6 Å². The van der Waals surface area contributed by atoms with Crippen LogP contribution in [0.5, 0.6) is 0 Å². The summed E-state index contributed by atoms with van der Waals surface area (Å²) in [4.78, 5) is 46.9. The number of hydrogen-bond donors (Lipinski definition) is 4. The van der Waals surface area contributed by atoms with Gasteiger partial charge in [0.2, 0.25) is 5.91 Å². The molecule has 29 heavy (non-hydrogen) atoms. The van der Waals surface area contributed by atoms with Crippen LogP contribution < -0.4 is 10.6 Å². The van der Waals surface area contributed by atoms with E-state index in [-0.39, 0.29) is 11.6 Å². The quantitative estimate of drug-likeness (QED) is 0.411. The summed E-state index contributed by atoms with van der Waals surface area (Å²) in [6.07, 6.45) is 0.695. The van der Waals surface area contributed by atoms with E-state index >= 15 is 0 Å². The molecule has 0 spiro atoms. The van der Waals surface area contributed by atoms with E-state index in [0.29, 0.717) is 15.9 Å². The number of imidazole rings is 1. The van der Waals surface area contributed by atoms with Crippen LogP contribution in [-0.2, 0) is 25.5 Å². The van der Waals surface area contributed by atoms with Crippen LogP contribution >= 0.6 is 11.3 Å². The van der Waals surface area contributed by atoms with Crippen molar-refractivity contribution in [2.24, 2.45) is 0 Å². The first-order valence-corrected chi connectivity index (χ1v) is 9.25. The predicted molar refractivity (Wildman–Crippen MR) is 98.7 cm³/mol. The highest BCUT2D eigenvalue weighted by molar-refractivity contribution is 7.22. The molecule has 1 fully saturated rings. The van der Waals surface area contributed by atoms with Gasteiger partial charge in [-0.25, -0.2) is 19.2 Å². The molecule has 1 unspecified atom stereocenters. The van der Waals surface area contributed by atoms with Gasteiger partial charge in [0.15, 0.2) is 17.3 Å². The Morgan fingerprint density at radius 3 is 2.86 bits per heavy atom. The van der Waals surface area contributed by atoms with Crippen molar-refractivity contribution in [3.05, 3.63) is 42.2 Å². The average molecular weight is 419 g/mol. The second kappa shape index (κ2) is 7.56. The number of anilines is 1. The summed E-state index contributed by atoms with van der Waals surface area (Å²) in [6, 6.07) is 3.02. The number of rotatable bonds is 7. The van der Waals surface area contributed by atoms with Gasteiger partial charge >= 0.3 is 5.97 Å². The number of epoxide rings is 1. The third-order valence-electron chi connectivity index (χ3n) is 4.18. The van der Waals surface area contributed by atoms with Gasteiger partial charge in [0.1, 0.15) is 11.9 Å². The van der Waals surface area contributed by atoms with Gasteiger partial charge in [0, 0.05) is 12.6 Å². The molecule has 3 heterocycles. The Bertz CT molecular complexity index is 1090. The lowest BCUT2D eigenvalue weighted by atomic mass is 10.1. The van der Waals surface area contributed by atoms with E-state index in [9.17, 15) is 18.8 Å². The van der Waals surface area contributed by atoms with E-state index in [1.807, 2.05) is 0 Å². The number of ether oxygens (including phenoxy) is 1. The van der Waals surface area contributed by atoms with Crippen molar-refractivity contribution in [1.82, 2.24) is 20.3 Å². The molecule has 3 aromatic rings. The number of carbonyl (C=O) groups is 3. The number of carboxylic acids is 1. The van der Waals surface area contributed by atoms with Gasteiger partial charge in [-0.3, -0.25) is 9.59 Å². The van der Waals surface area contributed by atoms with Gasteiger partial charge in [0.25, 0.3) is 5.91 Å². The maximum Gasteiger partial charge on any atom is 0.336 e. The Hall–Kier alpha value is -3.38. The molecular weight excluding hydrogens is 405 g/mol. The third kappa shape index (κ3) is 4.22. The molecule has 12 heteroatoms. The number of hydrogen-bond acceptors (Lipinski definition) is 7. The minimum absolute atomic E-state index is 0.0606. The highest BCUT2D eigenvalue weighted by Crippen LogP contribution is 2.27. The number of carboxylic acid groups (broad SMARTS) is 1. The second-order valence-electron chi connectivity index (χ2n) is 6.26. The van der Waals surface area contributed by atoms with Crippen molar-refractivity contribution in [2.45, 2.75) is 24.7 Å². The fourth-order valence-corrected chi connectivity index (χ4v) is 3.61. The van der Waals surface area contributed by atoms with Crippen LogP contribution in [0.4, 0.5) is 9.52 Å². The molecule has 2 amide bonds. The van der Waals surface area contributed by atoms with Crippen LogP contribution in [0.3, 0.4) is 0 Å². The monoisotopic (exact) mass is 419 g/mol. The predicted octanol–water partition coefficient (Wildman–Crippen LogP) is 0.676. The van der Waals surface area contributed by atoms with Crippen molar-refractivity contribution in [2.75, 3.05) is 5.32 Å². The molecular formula is C17H14FN5O5S. The highest BCUT2D eigenvalue weighted by atomic mass is 32.1. The smallest absolute Gasteiger partial charge is 0.336 e. The first-order valence-electron chi connectivity index (χ1n) is 8.44. The zero-order valence-corrected chi connectivity index (χ0v) is 15.4. The van der Waals surface area contributed by atoms with Gasteiger partial charge in [0.05, 0.1) is 22.2 Å². The number of carbonyl (C=O) groups excluding carboxylic acids is 2. The van der Waals surface area contributed by atoms with E-state index in [1.54, 1.807) is 6.20 Å². The van der Waals surface area contributed by atoms with E-state index in [4.69, 9.17) is 9.84 Å². The Labute approximate surface area is 166 Å². The van der Waals surface area contributed by atoms with Crippen molar-refractivity contribution in [3.63, 3.8) is 0 Å². The van der Waals surface area contributed by atoms with Crippen LogP contribution in [0, 0.1) is 5.82 Å². The number of nitrogens with zero attached hydrogens (tertiary/aromatic N) is 2. The number of aromatic amines is 1. The van der Waals surface area contributed by atoms with Gasteiger partial charge in [-0.1, -0.05) is 11.3 Å². The Kier molecular flexibility index (Phi) is 4.94. The van der Waals surface area contributed by atoms with Crippen molar-refractivity contribution in [3.8, 4) is 0 Å². The fourth-order valence-electron chi connectivity index (χ4n) is 2.72. The molecule has 0 radical (unpaired) electrons. The van der Waals surface area contributed by atoms with Crippen LogP contribution in [0.25, 0.3) is 10.2 Å². The zero-order chi connectivity index (χ0) is 20.5. The largest absolute Gasteiger partial charge is 0.479 e. The number of nitrogens with one attached hydrogen (secondary N) is 3. The topological polar surface area (TPSA) is 150 Å². The van der Waals surface area contributed by atoms with E-state index in [2.05, 4.69) is 25.6 Å². The molecule has 3 atom stereocenters. The third-order valence-corrected chi connectivity index (χ3v) is 5.11. The molecule has 0 saturated carbocycles. The maximum absolute atomic E-state index is 13.3. The van der Waals surface area contributed by atoms with Crippen LogP contribution in [0.15, 0.2) is 30.7 Å². The maximum atomic E-state index is 13.3. The number of fused-ring (bicyclic) bond motifs is 1. The molecule has 1 aliphatic heterocycles. The molecule has 150 valence electrons. The summed E-state index contributed by atoms with van der Waals surface area (Å²) in [5.74, 6) is -2.95. The van der Waals surface area contributed by atoms with Crippen LogP contribution in [0.1, 0.15) is 5.69 Å². The SMILES string of the molecule is O=C(Nc1nc2ccc(F)cc2s1)C(Cc1c[nH]cn1)NC(=O)[C@H]1O[C@@H]1C(=O)O. The normalized spacial score (nSPS) is 18.9. The molecule has 1 aliphatic rings. The van der Waals surface area contributed by atoms with E-state index in [1.165, 1.54) is 24.5 Å². The van der Waals surface area contributed by atoms with Crippen molar-refractivity contribution in [1.29, 1.82) is 0 Å². The van der Waals surface area contributed by atoms with Crippen LogP contribution in [0.2, 0.25) is 0 Å². The summed E-state index contributed by atoms with van der Waals surface area (Å²) in [6.45, 7) is 0. The molecule has 4 N–H and O–H groups in total. The summed E-state index contributed by atoms with van der Waals surface area (Å²) < 4.78 is 18.7. The van der Waals surface area contributed by atoms with Crippen molar-refractivity contribution >= 4 is 44.5 Å². The highest BCUT2D eigenvalue weighted by Gasteiger charge is 2.51. The number of benzene rings is 1. The van der Waals surface area contributed by atoms with Gasteiger partial charge in [-0.15, -0.1) is 0 Å². The molecule has 0 bridgehead atoms. The zero-order valence-electron chi connectivity index (χ0n) is 14.6. The van der Waals surface area contributed by atoms with Crippen LogP contribution in [-0.4, -0.2) is 56.1 Å². The first-order chi connectivity index (χ1) is 13.9. The Balaban J connectivity index is 1.49. The standard InChI is InChI=1S/C17H14FN5O5S/c18-7-1-2-9-11(3-7)29-17(22-9)23-14(24)10(4-8-5-19-6-20-8)21-15(25)12-13(28-12)16(26)27/h1-3,5-6,10,12-13H,4H2,(H,19,20)(H,21,25)(H,26,27)(H,22,23,24)/t10?,12-,13-/m0/s1. The number of amides is 2. The minimum atomic E-state index is -1.25. The lowest BCUT2D eigenvalue weighted by Gasteiger charge is -2.16. The lowest BCUT2D eigenvalue weighted by molar-refractivity contribution is -0.138. The van der Waals surface area contributed by atoms with E-state index < -0.39 is 41.9 Å². The Morgan fingerprint density at radius 2 is 2.17 bits per heavy atom. The molecule has 2 aromatic heterocycles. The van der Waals surface area contributed by atoms with Gasteiger partial charge < -0.3 is 25.5 Å². The summed E-state index contributed by atoms with van der Waals surface area (Å²) in [7, 11) is 0. The Morgan fingerprint density at radius 1 is 1.34 bits per heavy atom. The molecule has 10 nitrogen and oxygen atoms in total.